The number of nitrogens with zero attached hydrogens (tertiary/aromatic N) is 1. The molecule has 0 saturated heterocycles. The summed E-state index contributed by atoms with van der Waals surface area (Å²) in [7, 11) is -0.862. The average molecular weight is 540 g/mol. The lowest BCUT2D eigenvalue weighted by atomic mass is 10.1. The third-order valence-corrected chi connectivity index (χ3v) is 8.04. The molecule has 0 atom stereocenters. The molecule has 0 saturated carbocycles. The van der Waals surface area contributed by atoms with Crippen molar-refractivity contribution in [2.45, 2.75) is 4.90 Å². The van der Waals surface area contributed by atoms with E-state index in [1.54, 1.807) is 62.8 Å². The third-order valence-electron chi connectivity index (χ3n) is 5.21. The summed E-state index contributed by atoms with van der Waals surface area (Å²) >= 11 is 1.17. The summed E-state index contributed by atoms with van der Waals surface area (Å²) in [6.07, 6.45) is -0.297. The number of hydrogen-bond donors (Lipinski definition) is 1. The van der Waals surface area contributed by atoms with Crippen molar-refractivity contribution in [3.05, 3.63) is 91.0 Å². The van der Waals surface area contributed by atoms with E-state index in [4.69, 9.17) is 18.5 Å². The van der Waals surface area contributed by atoms with Crippen molar-refractivity contribution >= 4 is 36.3 Å². The van der Waals surface area contributed by atoms with Crippen LogP contribution in [0.3, 0.4) is 0 Å². The van der Waals surface area contributed by atoms with E-state index in [0.717, 1.165) is 15.7 Å². The number of carboxylic acids is 1. The summed E-state index contributed by atoms with van der Waals surface area (Å²) in [6, 6.07) is 26.8. The molecule has 0 aliphatic carbocycles. The fourth-order valence-corrected chi connectivity index (χ4v) is 6.46. The maximum atomic E-state index is 14.1. The van der Waals surface area contributed by atoms with E-state index in [9.17, 15) is 14.5 Å². The zero-order valence-corrected chi connectivity index (χ0v) is 22.0. The van der Waals surface area contributed by atoms with E-state index >= 15 is 0 Å². The number of carbonyl (C=O) groups is 1. The first kappa shape index (κ1) is 26.4. The number of benzene rings is 4. The lowest BCUT2D eigenvalue weighted by molar-refractivity contribution is -0.136. The molecule has 0 spiro atoms. The van der Waals surface area contributed by atoms with Gasteiger partial charge in [-0.05, 0) is 83.4 Å². The molecular weight excluding hydrogens is 513 g/mol. The Balaban J connectivity index is 1.62. The summed E-state index contributed by atoms with van der Waals surface area (Å²) in [5.41, 5.74) is 0. The zero-order chi connectivity index (χ0) is 26.3. The van der Waals surface area contributed by atoms with Gasteiger partial charge >= 0.3 is 13.6 Å². The van der Waals surface area contributed by atoms with Crippen molar-refractivity contribution in [3.63, 3.8) is 0 Å². The Labute approximate surface area is 219 Å². The second-order valence-electron chi connectivity index (χ2n) is 7.92. The van der Waals surface area contributed by atoms with Gasteiger partial charge in [-0.15, -0.1) is 0 Å². The van der Waals surface area contributed by atoms with Crippen LogP contribution >= 0.6 is 19.5 Å². The maximum absolute atomic E-state index is 14.1. The average Bonchev–Trinajstić information content (AvgIpc) is 2.89. The van der Waals surface area contributed by atoms with Crippen LogP contribution in [0.25, 0.3) is 10.8 Å². The van der Waals surface area contributed by atoms with Crippen molar-refractivity contribution in [1.29, 1.82) is 0 Å². The van der Waals surface area contributed by atoms with E-state index in [1.807, 2.05) is 42.5 Å². The predicted octanol–water partition coefficient (Wildman–Crippen LogP) is 6.56. The Morgan fingerprint density at radius 2 is 1.30 bits per heavy atom. The highest BCUT2D eigenvalue weighted by atomic mass is 32.2. The second kappa shape index (κ2) is 12.1. The minimum Gasteiger partial charge on any atom is -0.497 e. The number of rotatable bonds is 12. The fourth-order valence-electron chi connectivity index (χ4n) is 3.50. The molecule has 0 aliphatic heterocycles. The second-order valence-corrected chi connectivity index (χ2v) is 11.0. The summed E-state index contributed by atoms with van der Waals surface area (Å²) in [6.45, 7) is -0.389. The van der Waals surface area contributed by atoms with Crippen LogP contribution in [0.15, 0.2) is 95.9 Å². The largest absolute Gasteiger partial charge is 0.497 e. The van der Waals surface area contributed by atoms with E-state index in [-0.39, 0.29) is 12.8 Å². The number of hydrogen-bond acceptors (Lipinski definition) is 8. The molecule has 4 rings (SSSR count). The summed E-state index contributed by atoms with van der Waals surface area (Å²) in [5.74, 6) is 0.733. The van der Waals surface area contributed by atoms with Gasteiger partial charge in [0.05, 0.1) is 14.2 Å². The number of methoxy groups -OCH3 is 2. The van der Waals surface area contributed by atoms with E-state index in [1.165, 1.54) is 16.3 Å². The van der Waals surface area contributed by atoms with Crippen molar-refractivity contribution in [2.75, 3.05) is 27.1 Å². The molecule has 4 aromatic carbocycles. The van der Waals surface area contributed by atoms with E-state index in [2.05, 4.69) is 0 Å². The quantitative estimate of drug-likeness (QED) is 0.159. The molecule has 0 amide bonds. The molecule has 0 unspecified atom stereocenters. The van der Waals surface area contributed by atoms with Crippen LogP contribution in [0.5, 0.6) is 23.0 Å². The first-order valence-corrected chi connectivity index (χ1v) is 13.8. The van der Waals surface area contributed by atoms with Crippen molar-refractivity contribution < 1.29 is 33.0 Å². The molecule has 192 valence electrons. The lowest BCUT2D eigenvalue weighted by Crippen LogP contribution is -2.26. The predicted molar refractivity (Wildman–Crippen MR) is 144 cm³/mol. The van der Waals surface area contributed by atoms with Gasteiger partial charge in [0.2, 0.25) is 0 Å². The van der Waals surface area contributed by atoms with E-state index < -0.39 is 13.6 Å². The van der Waals surface area contributed by atoms with Gasteiger partial charge in [-0.25, -0.2) is 8.87 Å². The van der Waals surface area contributed by atoms with Crippen LogP contribution in [0, 0.1) is 0 Å². The summed E-state index contributed by atoms with van der Waals surface area (Å²) in [4.78, 5) is 12.5. The normalized spacial score (nSPS) is 11.3. The number of aliphatic carboxylic acids is 1. The fraction of sp³-hybridized carbons (Fsp3) is 0.148. The standard InChI is InChI=1S/C27H26NO7PS/c1-32-22-8-12-24(13-9-22)34-36(31,35-25-14-10-23(33-2)11-15-25)19-28(18-27(29)30)37-26-16-7-20-5-3-4-6-21(20)17-26/h3-17H,18-19H2,1-2H3,(H,29,30). The topological polar surface area (TPSA) is 94.5 Å². The zero-order valence-electron chi connectivity index (χ0n) is 20.3. The first-order valence-electron chi connectivity index (χ1n) is 11.3. The number of fused-ring (bicyclic) bond motifs is 1. The highest BCUT2D eigenvalue weighted by Crippen LogP contribution is 2.50. The Bertz CT molecular complexity index is 1340. The van der Waals surface area contributed by atoms with Crippen molar-refractivity contribution in [2.24, 2.45) is 0 Å². The van der Waals surface area contributed by atoms with Crippen LogP contribution < -0.4 is 18.5 Å². The molecule has 0 aliphatic rings. The van der Waals surface area contributed by atoms with Crippen LogP contribution in [0.4, 0.5) is 0 Å². The van der Waals surface area contributed by atoms with Gasteiger partial charge in [0, 0.05) is 4.90 Å². The molecule has 0 fully saturated rings. The smallest absolute Gasteiger partial charge is 0.445 e. The van der Waals surface area contributed by atoms with Gasteiger partial charge in [-0.3, -0.25) is 4.79 Å². The van der Waals surface area contributed by atoms with Crippen LogP contribution in [0.1, 0.15) is 0 Å². The van der Waals surface area contributed by atoms with Gasteiger partial charge in [0.1, 0.15) is 35.8 Å². The minimum atomic E-state index is -3.95. The highest BCUT2D eigenvalue weighted by molar-refractivity contribution is 7.97. The van der Waals surface area contributed by atoms with Crippen molar-refractivity contribution in [3.8, 4) is 23.0 Å². The highest BCUT2D eigenvalue weighted by Gasteiger charge is 2.33. The molecule has 0 heterocycles. The summed E-state index contributed by atoms with van der Waals surface area (Å²) < 4.78 is 37.7. The Morgan fingerprint density at radius 1 is 0.784 bits per heavy atom. The molecule has 0 aromatic heterocycles. The van der Waals surface area contributed by atoms with Crippen LogP contribution in [-0.4, -0.2) is 42.4 Å². The maximum Gasteiger partial charge on any atom is 0.445 e. The van der Waals surface area contributed by atoms with Crippen molar-refractivity contribution in [1.82, 2.24) is 4.31 Å². The number of carboxylic acid groups (broad SMARTS) is 1. The minimum absolute atomic E-state index is 0.295. The van der Waals surface area contributed by atoms with Gasteiger partial charge < -0.3 is 23.6 Å². The Hall–Kier alpha value is -3.65. The summed E-state index contributed by atoms with van der Waals surface area (Å²) in [5, 5.41) is 11.6. The lowest BCUT2D eigenvalue weighted by Gasteiger charge is -2.26. The van der Waals surface area contributed by atoms with Crippen LogP contribution in [0.2, 0.25) is 0 Å². The van der Waals surface area contributed by atoms with Crippen LogP contribution in [-0.2, 0) is 9.36 Å². The molecule has 0 radical (unpaired) electrons. The molecule has 8 nitrogen and oxygen atoms in total. The monoisotopic (exact) mass is 539 g/mol. The molecule has 4 aromatic rings. The Morgan fingerprint density at radius 3 is 1.81 bits per heavy atom. The molecule has 0 bridgehead atoms. The molecule has 37 heavy (non-hydrogen) atoms. The SMILES string of the molecule is COc1ccc(OP(=O)(CN(CC(=O)O)Sc2ccc3ccccc3c2)Oc2ccc(OC)cc2)cc1. The third kappa shape index (κ3) is 7.43. The van der Waals surface area contributed by atoms with Gasteiger partial charge in [0.15, 0.2) is 0 Å². The first-order chi connectivity index (χ1) is 17.9. The molecule has 10 heteroatoms. The van der Waals surface area contributed by atoms with Gasteiger partial charge in [-0.1, -0.05) is 30.3 Å². The molecule has 1 N–H and O–H groups in total. The number of ether oxygens (including phenoxy) is 2. The Kier molecular flexibility index (Phi) is 8.61. The van der Waals surface area contributed by atoms with Gasteiger partial charge in [-0.2, -0.15) is 0 Å². The van der Waals surface area contributed by atoms with E-state index in [0.29, 0.717) is 23.0 Å². The van der Waals surface area contributed by atoms with Gasteiger partial charge in [0.25, 0.3) is 0 Å². The molecular formula is C27H26NO7PS.